The van der Waals surface area contributed by atoms with Gasteiger partial charge in [-0.05, 0) is 19.4 Å². The van der Waals surface area contributed by atoms with Crippen LogP contribution < -0.4 is 15.4 Å². The average molecular weight is 448 g/mol. The van der Waals surface area contributed by atoms with E-state index < -0.39 is 42.6 Å². The molecule has 31 heavy (non-hydrogen) atoms. The standard InChI is InChI=1S/C18H21F5N6O2/c1-10-9-31-7-6-27(10)13-8-14(30)28-5-3-12(18(21,22)23)29(17(28)25-13)15(16(19)20)11-2-4-24-26-11/h2,4,8,10,12,15-16H,3,5-7,9H2,1H3,(H,24,26). The van der Waals surface area contributed by atoms with Crippen molar-refractivity contribution >= 4 is 11.8 Å². The lowest BCUT2D eigenvalue weighted by Gasteiger charge is -2.43. The third kappa shape index (κ3) is 3.98. The summed E-state index contributed by atoms with van der Waals surface area (Å²) in [5.41, 5.74) is -0.864. The Morgan fingerprint density at radius 2 is 2.06 bits per heavy atom. The van der Waals surface area contributed by atoms with Crippen molar-refractivity contribution in [3.8, 4) is 0 Å². The van der Waals surface area contributed by atoms with E-state index in [9.17, 15) is 26.7 Å². The number of ether oxygens (including phenoxy) is 1. The van der Waals surface area contributed by atoms with Crippen molar-refractivity contribution in [2.24, 2.45) is 0 Å². The monoisotopic (exact) mass is 448 g/mol. The molecule has 170 valence electrons. The van der Waals surface area contributed by atoms with Gasteiger partial charge >= 0.3 is 6.18 Å². The Morgan fingerprint density at radius 1 is 1.29 bits per heavy atom. The molecule has 0 bridgehead atoms. The number of nitrogens with one attached hydrogen (secondary N) is 1. The summed E-state index contributed by atoms with van der Waals surface area (Å²) in [5, 5.41) is 6.05. The number of halogens is 5. The highest BCUT2D eigenvalue weighted by Crippen LogP contribution is 2.41. The Balaban J connectivity index is 1.88. The highest BCUT2D eigenvalue weighted by Gasteiger charge is 2.51. The Kier molecular flexibility index (Phi) is 5.62. The van der Waals surface area contributed by atoms with E-state index in [0.29, 0.717) is 24.7 Å². The predicted octanol–water partition coefficient (Wildman–Crippen LogP) is 2.34. The van der Waals surface area contributed by atoms with Gasteiger partial charge in [0.2, 0.25) is 5.95 Å². The Morgan fingerprint density at radius 3 is 2.68 bits per heavy atom. The normalized spacial score (nSPS) is 23.2. The lowest BCUT2D eigenvalue weighted by Crippen LogP contribution is -2.55. The first-order valence-corrected chi connectivity index (χ1v) is 9.77. The molecule has 0 radical (unpaired) electrons. The summed E-state index contributed by atoms with van der Waals surface area (Å²) in [6.45, 7) is 2.61. The van der Waals surface area contributed by atoms with Crippen molar-refractivity contribution in [1.29, 1.82) is 0 Å². The number of aromatic nitrogens is 4. The summed E-state index contributed by atoms with van der Waals surface area (Å²) >= 11 is 0. The molecule has 0 aliphatic carbocycles. The van der Waals surface area contributed by atoms with E-state index in [1.165, 1.54) is 18.3 Å². The second kappa shape index (κ2) is 8.09. The number of nitrogens with zero attached hydrogens (tertiary/aromatic N) is 5. The number of hydrogen-bond donors (Lipinski definition) is 1. The van der Waals surface area contributed by atoms with Crippen LogP contribution in [0.15, 0.2) is 23.1 Å². The molecular formula is C18H21F5N6O2. The van der Waals surface area contributed by atoms with E-state index in [1.54, 1.807) is 4.90 Å². The minimum absolute atomic E-state index is 0.134. The van der Waals surface area contributed by atoms with Gasteiger partial charge in [0.05, 0.1) is 24.9 Å². The van der Waals surface area contributed by atoms with Crippen LogP contribution in [0.4, 0.5) is 33.7 Å². The maximum absolute atomic E-state index is 14.1. The van der Waals surface area contributed by atoms with Gasteiger partial charge in [0.1, 0.15) is 17.9 Å². The SMILES string of the molecule is CC1COCCN1c1cc(=O)n2c(n1)N(C(c1cc[nH]n1)C(F)F)C(C(F)(F)F)CC2. The topological polar surface area (TPSA) is 79.3 Å². The summed E-state index contributed by atoms with van der Waals surface area (Å²) in [5.74, 6) is -0.307. The minimum Gasteiger partial charge on any atom is -0.377 e. The summed E-state index contributed by atoms with van der Waals surface area (Å²) in [4.78, 5) is 19.3. The number of morpholine rings is 1. The molecule has 2 aliphatic rings. The summed E-state index contributed by atoms with van der Waals surface area (Å²) in [7, 11) is 0. The van der Waals surface area contributed by atoms with Crippen LogP contribution in [0.5, 0.6) is 0 Å². The summed E-state index contributed by atoms with van der Waals surface area (Å²) in [6, 6.07) is -2.05. The van der Waals surface area contributed by atoms with Crippen molar-refractivity contribution in [3.63, 3.8) is 0 Å². The molecule has 3 atom stereocenters. The highest BCUT2D eigenvalue weighted by molar-refractivity contribution is 5.49. The van der Waals surface area contributed by atoms with E-state index in [-0.39, 0.29) is 24.1 Å². The molecule has 0 saturated carbocycles. The Labute approximate surface area is 173 Å². The van der Waals surface area contributed by atoms with Crippen LogP contribution >= 0.6 is 0 Å². The van der Waals surface area contributed by atoms with Gasteiger partial charge in [-0.3, -0.25) is 14.5 Å². The fourth-order valence-corrected chi connectivity index (χ4v) is 4.10. The van der Waals surface area contributed by atoms with Gasteiger partial charge in [0.15, 0.2) is 0 Å². The molecule has 4 rings (SSSR count). The van der Waals surface area contributed by atoms with Crippen molar-refractivity contribution in [2.75, 3.05) is 29.6 Å². The lowest BCUT2D eigenvalue weighted by molar-refractivity contribution is -0.156. The third-order valence-corrected chi connectivity index (χ3v) is 5.57. The zero-order valence-corrected chi connectivity index (χ0v) is 16.5. The fraction of sp³-hybridized carbons (Fsp3) is 0.611. The molecule has 0 spiro atoms. The maximum Gasteiger partial charge on any atom is 0.408 e. The molecule has 2 aromatic rings. The van der Waals surface area contributed by atoms with Crippen LogP contribution in [0.25, 0.3) is 0 Å². The zero-order chi connectivity index (χ0) is 22.3. The number of fused-ring (bicyclic) bond motifs is 1. The molecule has 2 aliphatic heterocycles. The van der Waals surface area contributed by atoms with E-state index in [4.69, 9.17) is 4.74 Å². The highest BCUT2D eigenvalue weighted by atomic mass is 19.4. The number of hydrogen-bond acceptors (Lipinski definition) is 6. The van der Waals surface area contributed by atoms with Crippen LogP contribution in [0.2, 0.25) is 0 Å². The molecule has 4 heterocycles. The van der Waals surface area contributed by atoms with Crippen molar-refractivity contribution in [2.45, 2.75) is 50.6 Å². The first kappa shape index (κ1) is 21.5. The molecular weight excluding hydrogens is 427 g/mol. The number of rotatable bonds is 4. The second-order valence-electron chi connectivity index (χ2n) is 7.55. The molecule has 0 amide bonds. The van der Waals surface area contributed by atoms with Gasteiger partial charge in [-0.1, -0.05) is 0 Å². The quantitative estimate of drug-likeness (QED) is 0.724. The van der Waals surface area contributed by atoms with E-state index >= 15 is 0 Å². The van der Waals surface area contributed by atoms with Crippen LogP contribution in [-0.2, 0) is 11.3 Å². The number of alkyl halides is 5. The van der Waals surface area contributed by atoms with Gasteiger partial charge in [-0.25, -0.2) is 8.78 Å². The van der Waals surface area contributed by atoms with E-state index in [0.717, 1.165) is 4.57 Å². The van der Waals surface area contributed by atoms with Gasteiger partial charge in [-0.15, -0.1) is 0 Å². The predicted molar refractivity (Wildman–Crippen MR) is 100 cm³/mol. The molecule has 1 saturated heterocycles. The van der Waals surface area contributed by atoms with E-state index in [1.807, 2.05) is 6.92 Å². The van der Waals surface area contributed by atoms with Gasteiger partial charge < -0.3 is 14.5 Å². The third-order valence-electron chi connectivity index (χ3n) is 5.57. The first-order valence-electron chi connectivity index (χ1n) is 9.77. The fourth-order valence-electron chi connectivity index (χ4n) is 4.10. The maximum atomic E-state index is 14.1. The van der Waals surface area contributed by atoms with Crippen LogP contribution in [-0.4, -0.2) is 64.2 Å². The van der Waals surface area contributed by atoms with E-state index in [2.05, 4.69) is 15.2 Å². The minimum atomic E-state index is -4.81. The average Bonchev–Trinajstić information content (AvgIpc) is 3.21. The van der Waals surface area contributed by atoms with Gasteiger partial charge in [0.25, 0.3) is 12.0 Å². The molecule has 3 unspecified atom stereocenters. The van der Waals surface area contributed by atoms with Crippen molar-refractivity contribution in [3.05, 3.63) is 34.4 Å². The van der Waals surface area contributed by atoms with Crippen molar-refractivity contribution < 1.29 is 26.7 Å². The number of aromatic amines is 1. The summed E-state index contributed by atoms with van der Waals surface area (Å²) in [6.07, 6.45) is -7.32. The first-order chi connectivity index (χ1) is 14.7. The summed E-state index contributed by atoms with van der Waals surface area (Å²) < 4.78 is 76.3. The van der Waals surface area contributed by atoms with Crippen LogP contribution in [0.1, 0.15) is 25.1 Å². The molecule has 8 nitrogen and oxygen atoms in total. The second-order valence-corrected chi connectivity index (χ2v) is 7.55. The molecule has 0 aromatic carbocycles. The molecule has 1 fully saturated rings. The largest absolute Gasteiger partial charge is 0.408 e. The number of anilines is 2. The molecule has 1 N–H and O–H groups in total. The van der Waals surface area contributed by atoms with Gasteiger partial charge in [0, 0.05) is 25.4 Å². The van der Waals surface area contributed by atoms with Crippen molar-refractivity contribution in [1.82, 2.24) is 19.7 Å². The Bertz CT molecular complexity index is 963. The zero-order valence-electron chi connectivity index (χ0n) is 16.5. The number of H-pyrrole nitrogens is 1. The Hall–Kier alpha value is -2.70. The van der Waals surface area contributed by atoms with Crippen LogP contribution in [0.3, 0.4) is 0 Å². The van der Waals surface area contributed by atoms with Crippen LogP contribution in [0, 0.1) is 0 Å². The van der Waals surface area contributed by atoms with Gasteiger partial charge in [-0.2, -0.15) is 23.3 Å². The lowest BCUT2D eigenvalue weighted by atomic mass is 10.0. The molecule has 2 aromatic heterocycles. The molecule has 13 heteroatoms. The smallest absolute Gasteiger partial charge is 0.377 e.